The number of rotatable bonds is 7. The number of hydrogen-bond acceptors (Lipinski definition) is 5. The molecule has 0 aliphatic heterocycles. The van der Waals surface area contributed by atoms with Crippen LogP contribution in [-0.4, -0.2) is 25.7 Å². The smallest absolute Gasteiger partial charge is 0.302 e. The molecular weight excluding hydrogens is 231 g/mol. The van der Waals surface area contributed by atoms with E-state index in [1.807, 2.05) is 0 Å². The van der Waals surface area contributed by atoms with E-state index in [9.17, 15) is 13.0 Å². The summed E-state index contributed by atoms with van der Waals surface area (Å²) in [5.74, 6) is -0.561. The maximum Gasteiger partial charge on any atom is 0.487 e. The van der Waals surface area contributed by atoms with Crippen LogP contribution < -0.4 is 0 Å². The second-order valence-electron chi connectivity index (χ2n) is 2.14. The van der Waals surface area contributed by atoms with E-state index in [4.69, 9.17) is 4.89 Å². The Labute approximate surface area is 82.6 Å². The molecule has 0 aliphatic rings. The first-order valence-corrected chi connectivity index (χ1v) is 6.53. The quantitative estimate of drug-likeness (QED) is 0.525. The summed E-state index contributed by atoms with van der Waals surface area (Å²) in [4.78, 5) is 8.86. The van der Waals surface area contributed by atoms with Gasteiger partial charge in [-0.3, -0.25) is 4.52 Å². The van der Waals surface area contributed by atoms with Crippen molar-refractivity contribution in [3.05, 3.63) is 25.3 Å². The summed E-state index contributed by atoms with van der Waals surface area (Å²) in [6, 6.07) is 0. The van der Waals surface area contributed by atoms with Gasteiger partial charge in [-0.15, -0.1) is 13.2 Å². The van der Waals surface area contributed by atoms with E-state index < -0.39 is 23.7 Å². The van der Waals surface area contributed by atoms with Gasteiger partial charge in [-0.05, 0) is 0 Å². The highest BCUT2D eigenvalue weighted by atomic mass is 32.2. The molecule has 0 amide bonds. The molecule has 1 unspecified atom stereocenters. The lowest BCUT2D eigenvalue weighted by atomic mass is 10.7. The van der Waals surface area contributed by atoms with Gasteiger partial charge in [-0.2, -0.15) is 12.4 Å². The van der Waals surface area contributed by atoms with Crippen molar-refractivity contribution in [1.29, 1.82) is 0 Å². The molecule has 14 heavy (non-hydrogen) atoms. The molecule has 82 valence electrons. The van der Waals surface area contributed by atoms with E-state index in [0.717, 1.165) is 6.08 Å². The lowest BCUT2D eigenvalue weighted by Gasteiger charge is -2.09. The number of hydrogen-bond donors (Lipinski definition) is 1. The molecule has 0 radical (unpaired) electrons. The van der Waals surface area contributed by atoms with Gasteiger partial charge in [-0.25, -0.2) is 4.57 Å². The van der Waals surface area contributed by atoms with E-state index in [-0.39, 0.29) is 6.61 Å². The summed E-state index contributed by atoms with van der Waals surface area (Å²) < 4.78 is 40.8. The maximum atomic E-state index is 10.9. The van der Waals surface area contributed by atoms with Crippen LogP contribution in [0, 0.1) is 0 Å². The van der Waals surface area contributed by atoms with Crippen molar-refractivity contribution in [1.82, 2.24) is 0 Å². The van der Waals surface area contributed by atoms with Gasteiger partial charge in [0.25, 0.3) is 10.1 Å². The predicted octanol–water partition coefficient (Wildman–Crippen LogP) is 0.822. The molecule has 0 fully saturated rings. The number of phosphoric ester groups is 1. The summed E-state index contributed by atoms with van der Waals surface area (Å²) in [5.41, 5.74) is 0. The third-order valence-electron chi connectivity index (χ3n) is 0.885. The highest BCUT2D eigenvalue weighted by Gasteiger charge is 2.28. The van der Waals surface area contributed by atoms with Crippen LogP contribution >= 0.6 is 7.82 Å². The zero-order chi connectivity index (χ0) is 11.2. The Hall–Kier alpha value is -0.460. The van der Waals surface area contributed by atoms with E-state index in [2.05, 4.69) is 21.7 Å². The topological polar surface area (TPSA) is 89.9 Å². The van der Waals surface area contributed by atoms with Crippen molar-refractivity contribution in [3.8, 4) is 0 Å². The van der Waals surface area contributed by atoms with Crippen LogP contribution in [-0.2, 0) is 23.2 Å². The molecule has 6 nitrogen and oxygen atoms in total. The molecule has 0 spiro atoms. The van der Waals surface area contributed by atoms with Gasteiger partial charge in [0, 0.05) is 0 Å². The zero-order valence-electron chi connectivity index (χ0n) is 7.33. The Morgan fingerprint density at radius 2 is 1.93 bits per heavy atom. The van der Waals surface area contributed by atoms with Crippen LogP contribution in [0.1, 0.15) is 0 Å². The van der Waals surface area contributed by atoms with Crippen LogP contribution in [0.3, 0.4) is 0 Å². The summed E-state index contributed by atoms with van der Waals surface area (Å²) >= 11 is 0. The SMILES string of the molecule is C=CCOP(=O)(O)OS(=O)(=O)CC=C. The summed E-state index contributed by atoms with van der Waals surface area (Å²) in [7, 11) is -8.68. The molecule has 0 aromatic carbocycles. The zero-order valence-corrected chi connectivity index (χ0v) is 9.04. The molecule has 1 atom stereocenters. The summed E-state index contributed by atoms with van der Waals surface area (Å²) in [6.07, 6.45) is 2.22. The predicted molar refractivity (Wildman–Crippen MR) is 51.0 cm³/mol. The molecule has 0 aromatic rings. The fraction of sp³-hybridized carbons (Fsp3) is 0.333. The van der Waals surface area contributed by atoms with Crippen molar-refractivity contribution >= 4 is 17.9 Å². The Morgan fingerprint density at radius 1 is 1.36 bits per heavy atom. The molecule has 0 aliphatic carbocycles. The average Bonchev–Trinajstić information content (AvgIpc) is 1.98. The molecule has 0 rings (SSSR count). The highest BCUT2D eigenvalue weighted by Crippen LogP contribution is 2.44. The fourth-order valence-corrected chi connectivity index (χ4v) is 2.63. The monoisotopic (exact) mass is 242 g/mol. The average molecular weight is 242 g/mol. The molecular formula is C6H11O6PS. The lowest BCUT2D eigenvalue weighted by molar-refractivity contribution is 0.225. The van der Waals surface area contributed by atoms with Crippen LogP contribution in [0.2, 0.25) is 0 Å². The van der Waals surface area contributed by atoms with E-state index >= 15 is 0 Å². The third kappa shape index (κ3) is 6.06. The molecule has 0 heterocycles. The van der Waals surface area contributed by atoms with Gasteiger partial charge in [-0.1, -0.05) is 12.2 Å². The van der Waals surface area contributed by atoms with Gasteiger partial charge in [0.05, 0.1) is 12.4 Å². The van der Waals surface area contributed by atoms with E-state index in [0.29, 0.717) is 0 Å². The molecule has 1 N–H and O–H groups in total. The van der Waals surface area contributed by atoms with Crippen LogP contribution in [0.15, 0.2) is 25.3 Å². The largest absolute Gasteiger partial charge is 0.487 e. The van der Waals surface area contributed by atoms with Gasteiger partial charge < -0.3 is 4.89 Å². The third-order valence-corrected chi connectivity index (χ3v) is 3.67. The van der Waals surface area contributed by atoms with Crippen LogP contribution in [0.4, 0.5) is 0 Å². The Balaban J connectivity index is 4.42. The summed E-state index contributed by atoms with van der Waals surface area (Å²) in [5, 5.41) is 0. The molecule has 0 bridgehead atoms. The van der Waals surface area contributed by atoms with E-state index in [1.165, 1.54) is 6.08 Å². The van der Waals surface area contributed by atoms with Gasteiger partial charge >= 0.3 is 7.82 Å². The second-order valence-corrected chi connectivity index (χ2v) is 5.38. The molecule has 0 saturated heterocycles. The van der Waals surface area contributed by atoms with Gasteiger partial charge in [0.1, 0.15) is 0 Å². The second kappa shape index (κ2) is 5.43. The highest BCUT2D eigenvalue weighted by molar-refractivity contribution is 7.90. The number of phosphoric acid groups is 1. The first-order chi connectivity index (χ1) is 6.33. The Kier molecular flexibility index (Phi) is 5.25. The van der Waals surface area contributed by atoms with Gasteiger partial charge in [0.15, 0.2) is 0 Å². The minimum absolute atomic E-state index is 0.280. The van der Waals surface area contributed by atoms with Crippen molar-refractivity contribution < 1.29 is 26.4 Å². The van der Waals surface area contributed by atoms with Crippen LogP contribution in [0.5, 0.6) is 0 Å². The van der Waals surface area contributed by atoms with E-state index in [1.54, 1.807) is 0 Å². The lowest BCUT2D eigenvalue weighted by Crippen LogP contribution is -2.08. The van der Waals surface area contributed by atoms with Crippen molar-refractivity contribution in [2.24, 2.45) is 0 Å². The van der Waals surface area contributed by atoms with Crippen molar-refractivity contribution in [3.63, 3.8) is 0 Å². The Morgan fingerprint density at radius 3 is 2.36 bits per heavy atom. The molecule has 0 saturated carbocycles. The first-order valence-electron chi connectivity index (χ1n) is 3.46. The van der Waals surface area contributed by atoms with Gasteiger partial charge in [0.2, 0.25) is 0 Å². The summed E-state index contributed by atoms with van der Waals surface area (Å²) in [6.45, 7) is 6.09. The molecule has 8 heteroatoms. The Bertz CT molecular complexity index is 345. The fourth-order valence-electron chi connectivity index (χ4n) is 0.487. The minimum Gasteiger partial charge on any atom is -0.302 e. The minimum atomic E-state index is -4.57. The first kappa shape index (κ1) is 13.5. The van der Waals surface area contributed by atoms with Crippen molar-refractivity contribution in [2.75, 3.05) is 12.4 Å². The standard InChI is InChI=1S/C6H11O6PS/c1-3-5-11-13(7,8)12-14(9,10)6-4-2/h3-4H,1-2,5-6H2,(H,7,8). The molecule has 0 aromatic heterocycles. The van der Waals surface area contributed by atoms with Crippen LogP contribution in [0.25, 0.3) is 0 Å². The van der Waals surface area contributed by atoms with Crippen molar-refractivity contribution in [2.45, 2.75) is 0 Å². The maximum absolute atomic E-state index is 10.9. The normalized spacial score (nSPS) is 15.8.